The Bertz CT molecular complexity index is 243. The zero-order valence-electron chi connectivity index (χ0n) is 7.39. The molecule has 66 valence electrons. The summed E-state index contributed by atoms with van der Waals surface area (Å²) in [5, 5.41) is 2.73. The molecule has 1 amide bonds. The molecule has 3 nitrogen and oxygen atoms in total. The maximum absolute atomic E-state index is 11.1. The second-order valence-electron chi connectivity index (χ2n) is 3.01. The van der Waals surface area contributed by atoms with E-state index in [9.17, 15) is 9.59 Å². The topological polar surface area (TPSA) is 46.2 Å². The molecule has 0 saturated heterocycles. The van der Waals surface area contributed by atoms with Crippen LogP contribution in [0, 0.1) is 0 Å². The molecule has 0 aromatic heterocycles. The first-order valence-corrected chi connectivity index (χ1v) is 4.18. The fourth-order valence-corrected chi connectivity index (χ4v) is 1.31. The summed E-state index contributed by atoms with van der Waals surface area (Å²) in [4.78, 5) is 22.0. The maximum Gasteiger partial charge on any atom is 0.255 e. The van der Waals surface area contributed by atoms with E-state index in [1.165, 1.54) is 6.92 Å². The summed E-state index contributed by atoms with van der Waals surface area (Å²) < 4.78 is 0. The zero-order valence-corrected chi connectivity index (χ0v) is 7.39. The summed E-state index contributed by atoms with van der Waals surface area (Å²) in [5.41, 5.74) is 0.313. The Kier molecular flexibility index (Phi) is 2.63. The van der Waals surface area contributed by atoms with Crippen LogP contribution >= 0.6 is 0 Å². The predicted octanol–water partition coefficient (Wildman–Crippen LogP) is 0.800. The first kappa shape index (κ1) is 8.97. The Morgan fingerprint density at radius 2 is 2.33 bits per heavy atom. The molecule has 1 unspecified atom stereocenters. The van der Waals surface area contributed by atoms with Crippen LogP contribution in [0.1, 0.15) is 26.7 Å². The van der Waals surface area contributed by atoms with Crippen LogP contribution < -0.4 is 5.32 Å². The van der Waals surface area contributed by atoms with E-state index in [4.69, 9.17) is 0 Å². The number of ketones is 1. The third-order valence-electron chi connectivity index (χ3n) is 1.91. The van der Waals surface area contributed by atoms with Gasteiger partial charge in [0.2, 0.25) is 0 Å². The van der Waals surface area contributed by atoms with Gasteiger partial charge in [0.25, 0.3) is 5.91 Å². The molecule has 0 aromatic carbocycles. The van der Waals surface area contributed by atoms with Crippen molar-refractivity contribution in [3.8, 4) is 0 Å². The summed E-state index contributed by atoms with van der Waals surface area (Å²) in [6.07, 6.45) is 3.64. The zero-order chi connectivity index (χ0) is 9.14. The molecule has 0 bridgehead atoms. The van der Waals surface area contributed by atoms with Gasteiger partial charge in [-0.25, -0.2) is 0 Å². The van der Waals surface area contributed by atoms with Crippen molar-refractivity contribution in [3.05, 3.63) is 11.6 Å². The third-order valence-corrected chi connectivity index (χ3v) is 1.91. The molecule has 0 radical (unpaired) electrons. The predicted molar refractivity (Wildman–Crippen MR) is 45.6 cm³/mol. The van der Waals surface area contributed by atoms with Crippen LogP contribution in [-0.2, 0) is 9.59 Å². The molecular formula is C9H13NO2. The van der Waals surface area contributed by atoms with Gasteiger partial charge in [-0.3, -0.25) is 9.59 Å². The van der Waals surface area contributed by atoms with Gasteiger partial charge in [-0.1, -0.05) is 13.3 Å². The average Bonchev–Trinajstić information content (AvgIpc) is 2.32. The molecule has 0 aliphatic carbocycles. The van der Waals surface area contributed by atoms with Gasteiger partial charge in [0.05, 0.1) is 5.57 Å². The van der Waals surface area contributed by atoms with Crippen molar-refractivity contribution in [2.45, 2.75) is 32.7 Å². The van der Waals surface area contributed by atoms with Crippen LogP contribution in [0.3, 0.4) is 0 Å². The van der Waals surface area contributed by atoms with Crippen molar-refractivity contribution in [2.24, 2.45) is 0 Å². The van der Waals surface area contributed by atoms with Crippen LogP contribution in [0.25, 0.3) is 0 Å². The van der Waals surface area contributed by atoms with Crippen molar-refractivity contribution in [1.82, 2.24) is 5.32 Å². The minimum absolute atomic E-state index is 0.0707. The summed E-state index contributed by atoms with van der Waals surface area (Å²) in [6, 6.07) is 0.0707. The van der Waals surface area contributed by atoms with Crippen LogP contribution in [0.2, 0.25) is 0 Å². The smallest absolute Gasteiger partial charge is 0.255 e. The molecule has 1 aliphatic rings. The SMILES string of the molecule is CCCC1C=C(C(C)=O)C(=O)N1. The van der Waals surface area contributed by atoms with Gasteiger partial charge in [0, 0.05) is 6.04 Å². The van der Waals surface area contributed by atoms with Crippen LogP contribution in [0.5, 0.6) is 0 Å². The van der Waals surface area contributed by atoms with Crippen LogP contribution in [-0.4, -0.2) is 17.7 Å². The standard InChI is InChI=1S/C9H13NO2/c1-3-4-7-5-8(6(2)11)9(12)10-7/h5,7H,3-4H2,1-2H3,(H,10,12). The normalized spacial score (nSPS) is 22.0. The lowest BCUT2D eigenvalue weighted by molar-refractivity contribution is -0.121. The quantitative estimate of drug-likeness (QED) is 0.632. The fraction of sp³-hybridized carbons (Fsp3) is 0.556. The number of amides is 1. The molecule has 12 heavy (non-hydrogen) atoms. The second-order valence-corrected chi connectivity index (χ2v) is 3.01. The lowest BCUT2D eigenvalue weighted by atomic mass is 10.1. The Morgan fingerprint density at radius 1 is 1.67 bits per heavy atom. The van der Waals surface area contributed by atoms with Crippen molar-refractivity contribution < 1.29 is 9.59 Å². The minimum atomic E-state index is -0.221. The third kappa shape index (κ3) is 1.72. The van der Waals surface area contributed by atoms with E-state index >= 15 is 0 Å². The highest BCUT2D eigenvalue weighted by Crippen LogP contribution is 2.11. The number of Topliss-reactive ketones (excluding diaryl/α,β-unsaturated/α-hetero) is 1. The molecule has 1 aliphatic heterocycles. The van der Waals surface area contributed by atoms with Crippen molar-refractivity contribution in [3.63, 3.8) is 0 Å². The second kappa shape index (κ2) is 3.52. The summed E-state index contributed by atoms with van der Waals surface area (Å²) in [7, 11) is 0. The van der Waals surface area contributed by atoms with Gasteiger partial charge in [0.1, 0.15) is 0 Å². The maximum atomic E-state index is 11.1. The monoisotopic (exact) mass is 167 g/mol. The molecule has 1 rings (SSSR count). The number of carbonyl (C=O) groups excluding carboxylic acids is 2. The molecule has 0 aromatic rings. The number of hydrogen-bond acceptors (Lipinski definition) is 2. The Labute approximate surface area is 71.8 Å². The molecule has 3 heteroatoms. The van der Waals surface area contributed by atoms with E-state index in [1.54, 1.807) is 6.08 Å². The summed E-state index contributed by atoms with van der Waals surface area (Å²) in [6.45, 7) is 3.46. The van der Waals surface area contributed by atoms with Gasteiger partial charge < -0.3 is 5.32 Å². The molecule has 1 atom stereocenters. The highest BCUT2D eigenvalue weighted by molar-refractivity contribution is 6.20. The molecule has 0 spiro atoms. The van der Waals surface area contributed by atoms with Crippen molar-refractivity contribution in [1.29, 1.82) is 0 Å². The lowest BCUT2D eigenvalue weighted by Crippen LogP contribution is -2.27. The number of hydrogen-bond donors (Lipinski definition) is 1. The molecule has 1 N–H and O–H groups in total. The summed E-state index contributed by atoms with van der Waals surface area (Å²) >= 11 is 0. The first-order chi connectivity index (χ1) is 5.65. The fourth-order valence-electron chi connectivity index (χ4n) is 1.31. The van der Waals surface area contributed by atoms with Crippen molar-refractivity contribution in [2.75, 3.05) is 0 Å². The number of rotatable bonds is 3. The largest absolute Gasteiger partial charge is 0.346 e. The highest BCUT2D eigenvalue weighted by atomic mass is 16.2. The van der Waals surface area contributed by atoms with Gasteiger partial charge in [-0.2, -0.15) is 0 Å². The first-order valence-electron chi connectivity index (χ1n) is 4.18. The van der Waals surface area contributed by atoms with Crippen LogP contribution in [0.15, 0.2) is 11.6 Å². The molecule has 0 fully saturated rings. The van der Waals surface area contributed by atoms with E-state index in [0.29, 0.717) is 5.57 Å². The highest BCUT2D eigenvalue weighted by Gasteiger charge is 2.24. The van der Waals surface area contributed by atoms with E-state index in [-0.39, 0.29) is 17.7 Å². The van der Waals surface area contributed by atoms with E-state index < -0.39 is 0 Å². The Morgan fingerprint density at radius 3 is 2.75 bits per heavy atom. The number of carbonyl (C=O) groups is 2. The summed E-state index contributed by atoms with van der Waals surface area (Å²) in [5.74, 6) is -0.368. The van der Waals surface area contributed by atoms with E-state index in [0.717, 1.165) is 12.8 Å². The molecule has 0 saturated carbocycles. The molecular weight excluding hydrogens is 154 g/mol. The van der Waals surface area contributed by atoms with Gasteiger partial charge in [-0.15, -0.1) is 0 Å². The van der Waals surface area contributed by atoms with E-state index in [2.05, 4.69) is 5.32 Å². The van der Waals surface area contributed by atoms with Crippen molar-refractivity contribution >= 4 is 11.7 Å². The van der Waals surface area contributed by atoms with E-state index in [1.807, 2.05) is 6.92 Å². The van der Waals surface area contributed by atoms with Crippen LogP contribution in [0.4, 0.5) is 0 Å². The number of nitrogens with one attached hydrogen (secondary N) is 1. The lowest BCUT2D eigenvalue weighted by Gasteiger charge is -2.04. The Hall–Kier alpha value is -1.12. The Balaban J connectivity index is 2.68. The molecule has 1 heterocycles. The average molecular weight is 167 g/mol. The van der Waals surface area contributed by atoms with Gasteiger partial charge in [0.15, 0.2) is 5.78 Å². The minimum Gasteiger partial charge on any atom is -0.346 e. The van der Waals surface area contributed by atoms with Gasteiger partial charge >= 0.3 is 0 Å². The van der Waals surface area contributed by atoms with Gasteiger partial charge in [-0.05, 0) is 19.4 Å².